The van der Waals surface area contributed by atoms with E-state index >= 15 is 0 Å². The van der Waals surface area contributed by atoms with E-state index in [0.717, 1.165) is 36.6 Å². The Kier molecular flexibility index (Phi) is 3.06. The lowest BCUT2D eigenvalue weighted by Crippen LogP contribution is -2.26. The number of fused-ring (bicyclic) bond motifs is 1. The summed E-state index contributed by atoms with van der Waals surface area (Å²) in [5.41, 5.74) is 7.17. The normalized spacial score (nSPS) is 18.4. The van der Waals surface area contributed by atoms with Crippen LogP contribution in [-0.2, 0) is 13.0 Å². The van der Waals surface area contributed by atoms with Crippen LogP contribution in [0.5, 0.6) is 0 Å². The van der Waals surface area contributed by atoms with Gasteiger partial charge in [-0.15, -0.1) is 10.2 Å². The second-order valence-electron chi connectivity index (χ2n) is 5.15. The van der Waals surface area contributed by atoms with Crippen LogP contribution in [0.25, 0.3) is 11.4 Å². The highest BCUT2D eigenvalue weighted by atomic mass is 19.1. The number of nitrogens with zero attached hydrogens (tertiary/aromatic N) is 3. The summed E-state index contributed by atoms with van der Waals surface area (Å²) in [6.07, 6.45) is 1.94. The highest BCUT2D eigenvalue weighted by molar-refractivity contribution is 5.56. The molecular weight excluding hydrogens is 243 g/mol. The Morgan fingerprint density at radius 1 is 1.42 bits per heavy atom. The van der Waals surface area contributed by atoms with E-state index in [9.17, 15) is 4.39 Å². The van der Waals surface area contributed by atoms with Crippen LogP contribution in [0, 0.1) is 18.7 Å². The highest BCUT2D eigenvalue weighted by Crippen LogP contribution is 2.26. The summed E-state index contributed by atoms with van der Waals surface area (Å²) in [5, 5.41) is 8.42. The largest absolute Gasteiger partial charge is 0.330 e. The molecule has 0 saturated heterocycles. The average molecular weight is 260 g/mol. The lowest BCUT2D eigenvalue weighted by Gasteiger charge is -2.23. The van der Waals surface area contributed by atoms with Crippen LogP contribution < -0.4 is 5.73 Å². The molecule has 0 amide bonds. The molecule has 3 rings (SSSR count). The average Bonchev–Trinajstić information content (AvgIpc) is 2.84. The van der Waals surface area contributed by atoms with E-state index in [2.05, 4.69) is 14.8 Å². The van der Waals surface area contributed by atoms with Gasteiger partial charge in [0.25, 0.3) is 0 Å². The SMILES string of the molecule is Cc1ccc(-c2nnc3n2CC(CN)CC3)cc1F. The molecule has 1 unspecified atom stereocenters. The molecule has 0 bridgehead atoms. The number of aryl methyl sites for hydroxylation is 2. The standard InChI is InChI=1S/C14H17FN4/c1-9-2-4-11(6-12(9)15)14-18-17-13-5-3-10(7-16)8-19(13)14/h2,4,6,10H,3,5,7-8,16H2,1H3. The molecule has 0 fully saturated rings. The van der Waals surface area contributed by atoms with Gasteiger partial charge in [-0.25, -0.2) is 4.39 Å². The van der Waals surface area contributed by atoms with E-state index in [1.54, 1.807) is 13.0 Å². The summed E-state index contributed by atoms with van der Waals surface area (Å²) in [6, 6.07) is 5.19. The van der Waals surface area contributed by atoms with Crippen LogP contribution in [0.3, 0.4) is 0 Å². The zero-order chi connectivity index (χ0) is 13.4. The van der Waals surface area contributed by atoms with Crippen molar-refractivity contribution in [2.45, 2.75) is 26.3 Å². The summed E-state index contributed by atoms with van der Waals surface area (Å²) in [7, 11) is 0. The first-order valence-corrected chi connectivity index (χ1v) is 6.57. The lowest BCUT2D eigenvalue weighted by molar-refractivity contribution is 0.375. The van der Waals surface area contributed by atoms with E-state index in [1.165, 1.54) is 6.07 Å². The molecule has 0 aliphatic carbocycles. The first-order valence-electron chi connectivity index (χ1n) is 6.57. The number of nitrogens with two attached hydrogens (primary N) is 1. The predicted octanol–water partition coefficient (Wildman–Crippen LogP) is 1.91. The Morgan fingerprint density at radius 2 is 2.26 bits per heavy atom. The van der Waals surface area contributed by atoms with Gasteiger partial charge in [0.15, 0.2) is 5.82 Å². The minimum absolute atomic E-state index is 0.207. The Hall–Kier alpha value is -1.75. The zero-order valence-corrected chi connectivity index (χ0v) is 10.9. The third-order valence-corrected chi connectivity index (χ3v) is 3.81. The second-order valence-corrected chi connectivity index (χ2v) is 5.15. The first kappa shape index (κ1) is 12.3. The van der Waals surface area contributed by atoms with Gasteiger partial charge in [0.2, 0.25) is 0 Å². The first-order chi connectivity index (χ1) is 9.19. The van der Waals surface area contributed by atoms with E-state index in [-0.39, 0.29) is 5.82 Å². The fourth-order valence-electron chi connectivity index (χ4n) is 2.53. The lowest BCUT2D eigenvalue weighted by atomic mass is 9.99. The molecule has 2 aromatic rings. The molecule has 2 N–H and O–H groups in total. The Balaban J connectivity index is 2.02. The maximum atomic E-state index is 13.7. The molecule has 0 spiro atoms. The van der Waals surface area contributed by atoms with Crippen molar-refractivity contribution in [1.29, 1.82) is 0 Å². The van der Waals surface area contributed by atoms with Gasteiger partial charge in [0.1, 0.15) is 11.6 Å². The number of hydrogen-bond acceptors (Lipinski definition) is 3. The number of hydrogen-bond donors (Lipinski definition) is 1. The van der Waals surface area contributed by atoms with Crippen molar-refractivity contribution in [3.63, 3.8) is 0 Å². The van der Waals surface area contributed by atoms with E-state index in [4.69, 9.17) is 5.73 Å². The molecule has 100 valence electrons. The number of aromatic nitrogens is 3. The predicted molar refractivity (Wildman–Crippen MR) is 71.0 cm³/mol. The highest BCUT2D eigenvalue weighted by Gasteiger charge is 2.22. The topological polar surface area (TPSA) is 56.7 Å². The fourth-order valence-corrected chi connectivity index (χ4v) is 2.53. The van der Waals surface area contributed by atoms with Crippen molar-refractivity contribution in [3.8, 4) is 11.4 Å². The third kappa shape index (κ3) is 2.14. The van der Waals surface area contributed by atoms with Crippen molar-refractivity contribution in [1.82, 2.24) is 14.8 Å². The molecule has 0 radical (unpaired) electrons. The zero-order valence-electron chi connectivity index (χ0n) is 10.9. The fraction of sp³-hybridized carbons (Fsp3) is 0.429. The summed E-state index contributed by atoms with van der Waals surface area (Å²) < 4.78 is 15.7. The number of benzene rings is 1. The van der Waals surface area contributed by atoms with E-state index in [1.807, 2.05) is 6.07 Å². The maximum absolute atomic E-state index is 13.7. The molecule has 0 saturated carbocycles. The molecular formula is C14H17FN4. The molecule has 19 heavy (non-hydrogen) atoms. The van der Waals surface area contributed by atoms with Gasteiger partial charge in [-0.2, -0.15) is 0 Å². The van der Waals surface area contributed by atoms with Gasteiger partial charge in [0, 0.05) is 18.5 Å². The van der Waals surface area contributed by atoms with Crippen LogP contribution in [-0.4, -0.2) is 21.3 Å². The third-order valence-electron chi connectivity index (χ3n) is 3.81. The molecule has 1 aromatic carbocycles. The van der Waals surface area contributed by atoms with Crippen molar-refractivity contribution >= 4 is 0 Å². The van der Waals surface area contributed by atoms with Crippen molar-refractivity contribution in [3.05, 3.63) is 35.4 Å². The molecule has 1 aromatic heterocycles. The van der Waals surface area contributed by atoms with Gasteiger partial charge in [-0.1, -0.05) is 12.1 Å². The molecule has 2 heterocycles. The number of rotatable bonds is 2. The minimum Gasteiger partial charge on any atom is -0.330 e. The van der Waals surface area contributed by atoms with Crippen molar-refractivity contribution < 1.29 is 4.39 Å². The maximum Gasteiger partial charge on any atom is 0.164 e. The molecule has 5 heteroatoms. The quantitative estimate of drug-likeness (QED) is 0.897. The van der Waals surface area contributed by atoms with Crippen LogP contribution >= 0.6 is 0 Å². The second kappa shape index (κ2) is 4.74. The van der Waals surface area contributed by atoms with Gasteiger partial charge in [-0.3, -0.25) is 0 Å². The Morgan fingerprint density at radius 3 is 3.00 bits per heavy atom. The minimum atomic E-state index is -0.207. The van der Waals surface area contributed by atoms with Crippen LogP contribution in [0.4, 0.5) is 4.39 Å². The van der Waals surface area contributed by atoms with Gasteiger partial charge >= 0.3 is 0 Å². The molecule has 1 aliphatic heterocycles. The molecule has 1 atom stereocenters. The summed E-state index contributed by atoms with van der Waals surface area (Å²) in [5.74, 6) is 1.96. The van der Waals surface area contributed by atoms with Crippen LogP contribution in [0.2, 0.25) is 0 Å². The molecule has 1 aliphatic rings. The van der Waals surface area contributed by atoms with Gasteiger partial charge < -0.3 is 10.3 Å². The Bertz CT molecular complexity index is 605. The van der Waals surface area contributed by atoms with Gasteiger partial charge in [-0.05, 0) is 37.4 Å². The van der Waals surface area contributed by atoms with Crippen LogP contribution in [0.1, 0.15) is 17.8 Å². The summed E-state index contributed by atoms with van der Waals surface area (Å²) in [6.45, 7) is 3.24. The monoisotopic (exact) mass is 260 g/mol. The van der Waals surface area contributed by atoms with E-state index in [0.29, 0.717) is 18.0 Å². The van der Waals surface area contributed by atoms with Crippen molar-refractivity contribution in [2.75, 3.05) is 6.54 Å². The van der Waals surface area contributed by atoms with Gasteiger partial charge in [0.05, 0.1) is 0 Å². The summed E-state index contributed by atoms with van der Waals surface area (Å²) in [4.78, 5) is 0. The number of halogens is 1. The van der Waals surface area contributed by atoms with Crippen LogP contribution in [0.15, 0.2) is 18.2 Å². The smallest absolute Gasteiger partial charge is 0.164 e. The summed E-state index contributed by atoms with van der Waals surface area (Å²) >= 11 is 0. The van der Waals surface area contributed by atoms with Crippen molar-refractivity contribution in [2.24, 2.45) is 11.7 Å². The molecule has 4 nitrogen and oxygen atoms in total. The Labute approximate surface area is 111 Å². The van der Waals surface area contributed by atoms with E-state index < -0.39 is 0 Å².